The molecule has 1 aliphatic rings. The van der Waals surface area contributed by atoms with Crippen LogP contribution in [0, 0.1) is 0 Å². The average Bonchev–Trinajstić information content (AvgIpc) is 2.46. The van der Waals surface area contributed by atoms with Crippen molar-refractivity contribution in [3.05, 3.63) is 34.9 Å². The molecule has 2 amide bonds. The molecule has 0 saturated heterocycles. The molecule has 0 heterocycles. The van der Waals surface area contributed by atoms with Crippen molar-refractivity contribution in [3.8, 4) is 0 Å². The van der Waals surface area contributed by atoms with Gasteiger partial charge in [0, 0.05) is 6.54 Å². The molecule has 0 aliphatic heterocycles. The minimum absolute atomic E-state index is 0.0688. The van der Waals surface area contributed by atoms with Crippen LogP contribution < -0.4 is 10.6 Å². The molecule has 21 heavy (non-hydrogen) atoms. The van der Waals surface area contributed by atoms with E-state index in [1.807, 2.05) is 6.92 Å². The van der Waals surface area contributed by atoms with E-state index >= 15 is 0 Å². The van der Waals surface area contributed by atoms with Crippen LogP contribution in [-0.4, -0.2) is 23.7 Å². The highest BCUT2D eigenvalue weighted by atomic mass is 16.4. The Morgan fingerprint density at radius 1 is 1.24 bits per heavy atom. The fourth-order valence-electron chi connectivity index (χ4n) is 2.64. The van der Waals surface area contributed by atoms with Gasteiger partial charge in [0.05, 0.1) is 12.5 Å². The van der Waals surface area contributed by atoms with Gasteiger partial charge in [0.25, 0.3) is 0 Å². The SMILES string of the molecule is CC(NC(=O)NCCC(=O)O)c1ccc2c(c1)CCCC2. The number of carboxylic acids is 1. The first-order valence-corrected chi connectivity index (χ1v) is 7.44. The van der Waals surface area contributed by atoms with Crippen molar-refractivity contribution >= 4 is 12.0 Å². The quantitative estimate of drug-likeness (QED) is 0.779. The first kappa shape index (κ1) is 15.4. The molecule has 114 valence electrons. The molecule has 2 rings (SSSR count). The topological polar surface area (TPSA) is 78.4 Å². The van der Waals surface area contributed by atoms with E-state index in [0.29, 0.717) is 0 Å². The fourth-order valence-corrected chi connectivity index (χ4v) is 2.64. The predicted molar refractivity (Wildman–Crippen MR) is 80.3 cm³/mol. The van der Waals surface area contributed by atoms with E-state index < -0.39 is 5.97 Å². The number of carboxylic acid groups (broad SMARTS) is 1. The van der Waals surface area contributed by atoms with Gasteiger partial charge in [-0.2, -0.15) is 0 Å². The Balaban J connectivity index is 1.89. The smallest absolute Gasteiger partial charge is 0.315 e. The maximum absolute atomic E-state index is 11.7. The third-order valence-electron chi connectivity index (χ3n) is 3.84. The molecule has 1 aromatic rings. The fraction of sp³-hybridized carbons (Fsp3) is 0.500. The summed E-state index contributed by atoms with van der Waals surface area (Å²) >= 11 is 0. The molecule has 1 unspecified atom stereocenters. The normalized spacial score (nSPS) is 14.9. The van der Waals surface area contributed by atoms with Crippen LogP contribution in [0.1, 0.15) is 48.9 Å². The Labute approximate surface area is 124 Å². The highest BCUT2D eigenvalue weighted by Crippen LogP contribution is 2.24. The zero-order valence-electron chi connectivity index (χ0n) is 12.3. The summed E-state index contributed by atoms with van der Waals surface area (Å²) in [7, 11) is 0. The molecule has 0 fully saturated rings. The van der Waals surface area contributed by atoms with Crippen LogP contribution in [0.2, 0.25) is 0 Å². The molecular formula is C16H22N2O3. The van der Waals surface area contributed by atoms with E-state index in [0.717, 1.165) is 18.4 Å². The lowest BCUT2D eigenvalue weighted by Gasteiger charge is -2.20. The van der Waals surface area contributed by atoms with Crippen molar-refractivity contribution in [2.75, 3.05) is 6.54 Å². The summed E-state index contributed by atoms with van der Waals surface area (Å²) in [5.74, 6) is -0.918. The second kappa shape index (κ2) is 7.11. The number of carbonyl (C=O) groups excluding carboxylic acids is 1. The van der Waals surface area contributed by atoms with Gasteiger partial charge in [-0.1, -0.05) is 18.2 Å². The summed E-state index contributed by atoms with van der Waals surface area (Å²) in [5, 5.41) is 13.9. The molecule has 0 saturated carbocycles. The van der Waals surface area contributed by atoms with Gasteiger partial charge in [-0.3, -0.25) is 4.79 Å². The van der Waals surface area contributed by atoms with Gasteiger partial charge in [-0.25, -0.2) is 4.79 Å². The third-order valence-corrected chi connectivity index (χ3v) is 3.84. The van der Waals surface area contributed by atoms with Crippen molar-refractivity contribution in [2.45, 2.75) is 45.1 Å². The molecule has 1 atom stereocenters. The Morgan fingerprint density at radius 2 is 1.95 bits per heavy atom. The Kier molecular flexibility index (Phi) is 5.20. The van der Waals surface area contributed by atoms with Gasteiger partial charge in [-0.15, -0.1) is 0 Å². The summed E-state index contributed by atoms with van der Waals surface area (Å²) in [6.07, 6.45) is 4.68. The zero-order valence-corrected chi connectivity index (χ0v) is 12.3. The molecule has 0 radical (unpaired) electrons. The van der Waals surface area contributed by atoms with E-state index in [9.17, 15) is 9.59 Å². The lowest BCUT2D eigenvalue weighted by Crippen LogP contribution is -2.38. The summed E-state index contributed by atoms with van der Waals surface area (Å²) in [6, 6.07) is 5.97. The third kappa shape index (κ3) is 4.48. The van der Waals surface area contributed by atoms with Gasteiger partial charge >= 0.3 is 12.0 Å². The molecule has 0 spiro atoms. The van der Waals surface area contributed by atoms with Crippen molar-refractivity contribution < 1.29 is 14.7 Å². The lowest BCUT2D eigenvalue weighted by molar-refractivity contribution is -0.136. The Bertz CT molecular complexity index is 528. The van der Waals surface area contributed by atoms with Gasteiger partial charge < -0.3 is 15.7 Å². The first-order valence-electron chi connectivity index (χ1n) is 7.44. The van der Waals surface area contributed by atoms with Crippen LogP contribution in [0.4, 0.5) is 4.79 Å². The molecule has 1 aromatic carbocycles. The number of aryl methyl sites for hydroxylation is 2. The largest absolute Gasteiger partial charge is 0.481 e. The molecule has 1 aliphatic carbocycles. The van der Waals surface area contributed by atoms with E-state index in [2.05, 4.69) is 28.8 Å². The molecule has 0 aromatic heterocycles. The van der Waals surface area contributed by atoms with Crippen LogP contribution in [0.15, 0.2) is 18.2 Å². The zero-order chi connectivity index (χ0) is 15.2. The molecular weight excluding hydrogens is 268 g/mol. The Morgan fingerprint density at radius 3 is 2.67 bits per heavy atom. The number of rotatable bonds is 5. The number of carbonyl (C=O) groups is 2. The van der Waals surface area contributed by atoms with Crippen LogP contribution in [-0.2, 0) is 17.6 Å². The highest BCUT2D eigenvalue weighted by Gasteiger charge is 2.14. The highest BCUT2D eigenvalue weighted by molar-refractivity contribution is 5.75. The lowest BCUT2D eigenvalue weighted by atomic mass is 9.89. The Hall–Kier alpha value is -2.04. The van der Waals surface area contributed by atoms with Crippen molar-refractivity contribution in [1.82, 2.24) is 10.6 Å². The standard InChI is InChI=1S/C16H22N2O3/c1-11(18-16(21)17-9-8-15(19)20)13-7-6-12-4-2-3-5-14(12)10-13/h6-7,10-11H,2-5,8-9H2,1H3,(H,19,20)(H2,17,18,21). The summed E-state index contributed by atoms with van der Waals surface area (Å²) in [4.78, 5) is 22.1. The number of benzene rings is 1. The molecule has 5 nitrogen and oxygen atoms in total. The van der Waals surface area contributed by atoms with Crippen LogP contribution in [0.3, 0.4) is 0 Å². The second-order valence-corrected chi connectivity index (χ2v) is 5.50. The van der Waals surface area contributed by atoms with E-state index in [-0.39, 0.29) is 25.0 Å². The molecule has 0 bridgehead atoms. The second-order valence-electron chi connectivity index (χ2n) is 5.50. The first-order chi connectivity index (χ1) is 10.1. The van der Waals surface area contributed by atoms with Gasteiger partial charge in [0.1, 0.15) is 0 Å². The maximum atomic E-state index is 11.7. The summed E-state index contributed by atoms with van der Waals surface area (Å²) in [5.41, 5.74) is 3.89. The minimum Gasteiger partial charge on any atom is -0.481 e. The van der Waals surface area contributed by atoms with Gasteiger partial charge in [0.15, 0.2) is 0 Å². The number of fused-ring (bicyclic) bond motifs is 1. The molecule has 3 N–H and O–H groups in total. The number of nitrogens with one attached hydrogen (secondary N) is 2. The van der Waals surface area contributed by atoms with E-state index in [1.165, 1.54) is 24.0 Å². The van der Waals surface area contributed by atoms with E-state index in [4.69, 9.17) is 5.11 Å². The number of aliphatic carboxylic acids is 1. The van der Waals surface area contributed by atoms with Gasteiger partial charge in [0.2, 0.25) is 0 Å². The van der Waals surface area contributed by atoms with Crippen LogP contribution in [0.25, 0.3) is 0 Å². The summed E-state index contributed by atoms with van der Waals surface area (Å²) < 4.78 is 0. The molecule has 5 heteroatoms. The van der Waals surface area contributed by atoms with Crippen molar-refractivity contribution in [2.24, 2.45) is 0 Å². The van der Waals surface area contributed by atoms with Gasteiger partial charge in [-0.05, 0) is 49.3 Å². The van der Waals surface area contributed by atoms with Crippen molar-refractivity contribution in [3.63, 3.8) is 0 Å². The van der Waals surface area contributed by atoms with Crippen LogP contribution in [0.5, 0.6) is 0 Å². The van der Waals surface area contributed by atoms with E-state index in [1.54, 1.807) is 0 Å². The van der Waals surface area contributed by atoms with Crippen LogP contribution >= 0.6 is 0 Å². The summed E-state index contributed by atoms with van der Waals surface area (Å²) in [6.45, 7) is 2.07. The number of amides is 2. The maximum Gasteiger partial charge on any atom is 0.315 e. The minimum atomic E-state index is -0.918. The average molecular weight is 290 g/mol. The monoisotopic (exact) mass is 290 g/mol. The predicted octanol–water partition coefficient (Wildman–Crippen LogP) is 2.40. The number of hydrogen-bond acceptors (Lipinski definition) is 2. The number of urea groups is 1. The number of hydrogen-bond donors (Lipinski definition) is 3. The van der Waals surface area contributed by atoms with Crippen molar-refractivity contribution in [1.29, 1.82) is 0 Å².